The van der Waals surface area contributed by atoms with Gasteiger partial charge < -0.3 is 16.2 Å². The predicted octanol–water partition coefficient (Wildman–Crippen LogP) is 0.641. The third-order valence-corrected chi connectivity index (χ3v) is 3.50. The summed E-state index contributed by atoms with van der Waals surface area (Å²) in [7, 11) is 0. The molecule has 4 N–H and O–H groups in total. The second-order valence-electron chi connectivity index (χ2n) is 4.72. The van der Waals surface area contributed by atoms with Gasteiger partial charge in [0.2, 0.25) is 5.91 Å². The Morgan fingerprint density at radius 1 is 1.44 bits per heavy atom. The van der Waals surface area contributed by atoms with Gasteiger partial charge in [-0.1, -0.05) is 12.1 Å². The lowest BCUT2D eigenvalue weighted by Crippen LogP contribution is -2.56. The van der Waals surface area contributed by atoms with Crippen LogP contribution in [0, 0.1) is 5.82 Å². The van der Waals surface area contributed by atoms with Gasteiger partial charge in [-0.05, 0) is 37.0 Å². The van der Waals surface area contributed by atoms with Crippen LogP contribution in [0.15, 0.2) is 24.3 Å². The lowest BCUT2D eigenvalue weighted by Gasteiger charge is -2.43. The van der Waals surface area contributed by atoms with Crippen LogP contribution in [0.1, 0.15) is 24.8 Å². The zero-order valence-corrected chi connectivity index (χ0v) is 10.0. The van der Waals surface area contributed by atoms with Crippen LogP contribution in [-0.4, -0.2) is 23.7 Å². The molecule has 1 aliphatic carbocycles. The van der Waals surface area contributed by atoms with Gasteiger partial charge in [-0.15, -0.1) is 0 Å². The summed E-state index contributed by atoms with van der Waals surface area (Å²) in [6.07, 6.45) is 2.62. The molecule has 1 saturated carbocycles. The van der Waals surface area contributed by atoms with Crippen molar-refractivity contribution in [2.24, 2.45) is 5.73 Å². The molecule has 1 aromatic rings. The van der Waals surface area contributed by atoms with Crippen molar-refractivity contribution in [3.05, 3.63) is 35.6 Å². The second-order valence-corrected chi connectivity index (χ2v) is 4.72. The molecule has 1 unspecified atom stereocenters. The molecule has 0 radical (unpaired) electrons. The summed E-state index contributed by atoms with van der Waals surface area (Å²) < 4.78 is 12.9. The molecule has 1 atom stereocenters. The summed E-state index contributed by atoms with van der Waals surface area (Å²) >= 11 is 0. The largest absolute Gasteiger partial charge is 0.394 e. The van der Waals surface area contributed by atoms with E-state index in [1.54, 1.807) is 12.1 Å². The Balaban J connectivity index is 2.16. The van der Waals surface area contributed by atoms with E-state index in [0.717, 1.165) is 24.8 Å². The third kappa shape index (κ3) is 2.37. The Hall–Kier alpha value is -1.46. The van der Waals surface area contributed by atoms with Crippen molar-refractivity contribution in [2.45, 2.75) is 30.8 Å². The number of rotatable bonds is 4. The van der Waals surface area contributed by atoms with Gasteiger partial charge >= 0.3 is 0 Å². The first-order valence-electron chi connectivity index (χ1n) is 6.02. The van der Waals surface area contributed by atoms with E-state index in [1.165, 1.54) is 12.1 Å². The first-order chi connectivity index (χ1) is 8.57. The van der Waals surface area contributed by atoms with Crippen LogP contribution in [-0.2, 0) is 10.3 Å². The van der Waals surface area contributed by atoms with Gasteiger partial charge in [-0.3, -0.25) is 4.79 Å². The Labute approximate surface area is 105 Å². The lowest BCUT2D eigenvalue weighted by atomic mass is 9.71. The first kappa shape index (κ1) is 13.0. The molecular formula is C13H17FN2O2. The fourth-order valence-corrected chi connectivity index (χ4v) is 2.20. The van der Waals surface area contributed by atoms with Gasteiger partial charge in [-0.2, -0.15) is 0 Å². The Kier molecular flexibility index (Phi) is 3.63. The molecule has 0 bridgehead atoms. The van der Waals surface area contributed by atoms with Gasteiger partial charge in [0.25, 0.3) is 0 Å². The molecule has 1 aliphatic rings. The van der Waals surface area contributed by atoms with Crippen molar-refractivity contribution in [2.75, 3.05) is 6.61 Å². The summed E-state index contributed by atoms with van der Waals surface area (Å²) in [6.45, 7) is -0.384. The molecule has 0 aliphatic heterocycles. The Morgan fingerprint density at radius 2 is 2.06 bits per heavy atom. The highest BCUT2D eigenvalue weighted by atomic mass is 19.1. The fraction of sp³-hybridized carbons (Fsp3) is 0.462. The molecule has 1 fully saturated rings. The summed E-state index contributed by atoms with van der Waals surface area (Å²) in [5.74, 6) is -0.673. The number of aliphatic hydroxyl groups excluding tert-OH is 1. The van der Waals surface area contributed by atoms with Gasteiger partial charge in [0, 0.05) is 0 Å². The van der Waals surface area contributed by atoms with Crippen molar-refractivity contribution >= 4 is 5.91 Å². The Morgan fingerprint density at radius 3 is 2.50 bits per heavy atom. The minimum Gasteiger partial charge on any atom is -0.394 e. The van der Waals surface area contributed by atoms with Crippen LogP contribution in [0.3, 0.4) is 0 Å². The van der Waals surface area contributed by atoms with E-state index in [0.29, 0.717) is 0 Å². The van der Waals surface area contributed by atoms with Crippen LogP contribution >= 0.6 is 0 Å². The van der Waals surface area contributed by atoms with Crippen LogP contribution in [0.4, 0.5) is 4.39 Å². The van der Waals surface area contributed by atoms with Crippen LogP contribution in [0.2, 0.25) is 0 Å². The molecule has 4 nitrogen and oxygen atoms in total. The van der Waals surface area contributed by atoms with Crippen molar-refractivity contribution in [1.29, 1.82) is 0 Å². The van der Waals surface area contributed by atoms with E-state index < -0.39 is 11.6 Å². The maximum Gasteiger partial charge on any atom is 0.239 e. The molecule has 1 aromatic carbocycles. The molecule has 1 amide bonds. The van der Waals surface area contributed by atoms with E-state index in [1.807, 2.05) is 0 Å². The van der Waals surface area contributed by atoms with E-state index in [-0.39, 0.29) is 18.3 Å². The maximum absolute atomic E-state index is 12.9. The lowest BCUT2D eigenvalue weighted by molar-refractivity contribution is -0.126. The normalized spacial score (nSPS) is 18.8. The maximum atomic E-state index is 12.9. The van der Waals surface area contributed by atoms with Crippen LogP contribution < -0.4 is 11.1 Å². The summed E-state index contributed by atoms with van der Waals surface area (Å²) in [6, 6.07) is 5.21. The number of halogens is 1. The second kappa shape index (κ2) is 5.04. The fourth-order valence-electron chi connectivity index (χ4n) is 2.20. The monoisotopic (exact) mass is 252 g/mol. The zero-order valence-electron chi connectivity index (χ0n) is 10.0. The third-order valence-electron chi connectivity index (χ3n) is 3.50. The number of hydrogen-bond acceptors (Lipinski definition) is 3. The standard InChI is InChI=1S/C13H17FN2O2/c14-10-4-2-9(3-5-10)13(6-1-7-13)16-12(18)11(15)8-17/h2-5,11,17H,1,6-8,15H2,(H,16,18). The van der Waals surface area contributed by atoms with Gasteiger partial charge in [0.1, 0.15) is 11.9 Å². The average molecular weight is 252 g/mol. The number of hydrogen-bond donors (Lipinski definition) is 3. The van der Waals surface area contributed by atoms with Crippen LogP contribution in [0.5, 0.6) is 0 Å². The smallest absolute Gasteiger partial charge is 0.239 e. The van der Waals surface area contributed by atoms with Gasteiger partial charge in [0.05, 0.1) is 12.1 Å². The van der Waals surface area contributed by atoms with E-state index >= 15 is 0 Å². The van der Waals surface area contributed by atoms with E-state index in [9.17, 15) is 9.18 Å². The molecule has 98 valence electrons. The molecule has 0 saturated heterocycles. The molecular weight excluding hydrogens is 235 g/mol. The number of nitrogens with one attached hydrogen (secondary N) is 1. The first-order valence-corrected chi connectivity index (χ1v) is 6.02. The highest BCUT2D eigenvalue weighted by molar-refractivity contribution is 5.82. The molecule has 0 heterocycles. The number of nitrogens with two attached hydrogens (primary N) is 1. The summed E-state index contributed by atoms with van der Waals surface area (Å²) in [5, 5.41) is 11.7. The number of amides is 1. The minimum absolute atomic E-state index is 0.299. The molecule has 18 heavy (non-hydrogen) atoms. The summed E-state index contributed by atoms with van der Waals surface area (Å²) in [5.41, 5.74) is 5.92. The SMILES string of the molecule is NC(CO)C(=O)NC1(c2ccc(F)cc2)CCC1. The molecule has 2 rings (SSSR count). The quantitative estimate of drug-likeness (QED) is 0.736. The highest BCUT2D eigenvalue weighted by Crippen LogP contribution is 2.41. The molecule has 5 heteroatoms. The van der Waals surface area contributed by atoms with E-state index in [2.05, 4.69) is 5.32 Å². The predicted molar refractivity (Wildman–Crippen MR) is 65.1 cm³/mol. The number of carbonyl (C=O) groups excluding carboxylic acids is 1. The number of aliphatic hydroxyl groups is 1. The Bertz CT molecular complexity index is 429. The highest BCUT2D eigenvalue weighted by Gasteiger charge is 2.40. The number of carbonyl (C=O) groups is 1. The minimum atomic E-state index is -0.914. The van der Waals surface area contributed by atoms with Crippen molar-refractivity contribution in [3.63, 3.8) is 0 Å². The van der Waals surface area contributed by atoms with E-state index in [4.69, 9.17) is 10.8 Å². The average Bonchev–Trinajstić information content (AvgIpc) is 2.33. The number of benzene rings is 1. The van der Waals surface area contributed by atoms with Crippen molar-refractivity contribution in [3.8, 4) is 0 Å². The van der Waals surface area contributed by atoms with Gasteiger partial charge in [-0.25, -0.2) is 4.39 Å². The topological polar surface area (TPSA) is 75.3 Å². The van der Waals surface area contributed by atoms with Gasteiger partial charge in [0.15, 0.2) is 0 Å². The molecule has 0 spiro atoms. The van der Waals surface area contributed by atoms with Crippen molar-refractivity contribution < 1.29 is 14.3 Å². The van der Waals surface area contributed by atoms with Crippen molar-refractivity contribution in [1.82, 2.24) is 5.32 Å². The summed E-state index contributed by atoms with van der Waals surface area (Å²) in [4.78, 5) is 11.8. The molecule has 0 aromatic heterocycles. The zero-order chi connectivity index (χ0) is 13.2. The van der Waals surface area contributed by atoms with Crippen LogP contribution in [0.25, 0.3) is 0 Å².